The SMILES string of the molecule is CCOc1cccc2cc(-c3nc(-c4ccc(Br)cc4)cs3)c(=Nc3cccc(C)c3)oc12. The summed E-state index contributed by atoms with van der Waals surface area (Å²) in [6.45, 7) is 4.57. The van der Waals surface area contributed by atoms with Gasteiger partial charge in [-0.1, -0.05) is 52.3 Å². The zero-order chi connectivity index (χ0) is 22.8. The number of fused-ring (bicyclic) bond motifs is 1. The number of hydrogen-bond acceptors (Lipinski definition) is 5. The van der Waals surface area contributed by atoms with Gasteiger partial charge in [-0.15, -0.1) is 11.3 Å². The summed E-state index contributed by atoms with van der Waals surface area (Å²) >= 11 is 5.07. The Morgan fingerprint density at radius 2 is 1.85 bits per heavy atom. The number of para-hydroxylation sites is 1. The van der Waals surface area contributed by atoms with E-state index in [-0.39, 0.29) is 0 Å². The molecule has 5 aromatic rings. The van der Waals surface area contributed by atoms with Crippen LogP contribution in [-0.4, -0.2) is 11.6 Å². The van der Waals surface area contributed by atoms with Gasteiger partial charge in [0.25, 0.3) is 0 Å². The standard InChI is InChI=1S/C27H21BrN2O2S/c1-3-31-24-9-5-7-19-15-22(26(32-25(19)24)29-21-8-4-6-17(2)14-21)27-30-23(16-33-27)18-10-12-20(28)13-11-18/h4-16H,3H2,1-2H3. The Bertz CT molecular complexity index is 1500. The third-order valence-electron chi connectivity index (χ3n) is 5.15. The Hall–Kier alpha value is -3.22. The number of thiazole rings is 1. The second-order valence-corrected chi connectivity index (χ2v) is 9.34. The number of ether oxygens (including phenoxy) is 1. The average Bonchev–Trinajstić information content (AvgIpc) is 3.30. The summed E-state index contributed by atoms with van der Waals surface area (Å²) in [6.07, 6.45) is 0. The predicted molar refractivity (Wildman–Crippen MR) is 138 cm³/mol. The fraction of sp³-hybridized carbons (Fsp3) is 0.111. The van der Waals surface area contributed by atoms with Crippen LogP contribution < -0.4 is 10.3 Å². The van der Waals surface area contributed by atoms with Crippen molar-refractivity contribution < 1.29 is 9.15 Å². The average molecular weight is 517 g/mol. The summed E-state index contributed by atoms with van der Waals surface area (Å²) in [6, 6.07) is 24.2. The topological polar surface area (TPSA) is 47.6 Å². The van der Waals surface area contributed by atoms with Crippen molar-refractivity contribution in [2.45, 2.75) is 13.8 Å². The largest absolute Gasteiger partial charge is 0.490 e. The van der Waals surface area contributed by atoms with Gasteiger partial charge < -0.3 is 9.15 Å². The summed E-state index contributed by atoms with van der Waals surface area (Å²) in [5.41, 5.74) is 6.00. The van der Waals surface area contributed by atoms with Gasteiger partial charge in [0, 0.05) is 20.8 Å². The first kappa shape index (κ1) is 21.6. The summed E-state index contributed by atoms with van der Waals surface area (Å²) in [4.78, 5) is 9.78. The molecule has 6 heteroatoms. The van der Waals surface area contributed by atoms with Crippen LogP contribution in [0.1, 0.15) is 12.5 Å². The molecule has 0 aliphatic rings. The molecule has 0 saturated heterocycles. The first-order valence-corrected chi connectivity index (χ1v) is 12.3. The summed E-state index contributed by atoms with van der Waals surface area (Å²) in [5.74, 6) is 0.705. The molecule has 0 spiro atoms. The second kappa shape index (κ2) is 9.33. The first-order chi connectivity index (χ1) is 16.1. The molecule has 0 bridgehead atoms. The number of hydrogen-bond donors (Lipinski definition) is 0. The molecule has 5 rings (SSSR count). The maximum absolute atomic E-state index is 6.37. The van der Waals surface area contributed by atoms with E-state index >= 15 is 0 Å². The van der Waals surface area contributed by atoms with Gasteiger partial charge >= 0.3 is 0 Å². The summed E-state index contributed by atoms with van der Waals surface area (Å²) < 4.78 is 13.2. The maximum atomic E-state index is 6.37. The highest BCUT2D eigenvalue weighted by molar-refractivity contribution is 9.10. The van der Waals surface area contributed by atoms with Crippen LogP contribution in [0.5, 0.6) is 5.75 Å². The lowest BCUT2D eigenvalue weighted by Crippen LogP contribution is -2.06. The molecule has 0 saturated carbocycles. The molecule has 0 unspecified atom stereocenters. The molecule has 0 aliphatic carbocycles. The molecule has 2 aromatic heterocycles. The molecule has 0 fully saturated rings. The molecular weight excluding hydrogens is 496 g/mol. The third-order valence-corrected chi connectivity index (χ3v) is 6.55. The van der Waals surface area contributed by atoms with Gasteiger partial charge in [-0.25, -0.2) is 9.98 Å². The van der Waals surface area contributed by atoms with Gasteiger partial charge in [-0.2, -0.15) is 0 Å². The molecule has 33 heavy (non-hydrogen) atoms. The quantitative estimate of drug-likeness (QED) is 0.238. The Morgan fingerprint density at radius 1 is 1.03 bits per heavy atom. The number of nitrogens with zero attached hydrogens (tertiary/aromatic N) is 2. The molecule has 0 N–H and O–H groups in total. The molecule has 0 atom stereocenters. The minimum absolute atomic E-state index is 0.511. The van der Waals surface area contributed by atoms with E-state index < -0.39 is 0 Å². The van der Waals surface area contributed by atoms with Crippen molar-refractivity contribution in [1.82, 2.24) is 4.98 Å². The normalized spacial score (nSPS) is 11.8. The van der Waals surface area contributed by atoms with Crippen LogP contribution in [0.25, 0.3) is 32.8 Å². The van der Waals surface area contributed by atoms with E-state index in [1.54, 1.807) is 11.3 Å². The van der Waals surface area contributed by atoms with Gasteiger partial charge in [0.15, 0.2) is 11.3 Å². The van der Waals surface area contributed by atoms with Crippen molar-refractivity contribution in [1.29, 1.82) is 0 Å². The molecule has 0 radical (unpaired) electrons. The van der Waals surface area contributed by atoms with Crippen LogP contribution in [0, 0.1) is 6.92 Å². The molecule has 4 nitrogen and oxygen atoms in total. The smallest absolute Gasteiger partial charge is 0.230 e. The molecule has 164 valence electrons. The van der Waals surface area contributed by atoms with E-state index in [2.05, 4.69) is 52.5 Å². The number of halogens is 1. The second-order valence-electron chi connectivity index (χ2n) is 7.57. The van der Waals surface area contributed by atoms with Crippen LogP contribution in [0.15, 0.2) is 92.1 Å². The molecule has 0 aliphatic heterocycles. The van der Waals surface area contributed by atoms with Crippen molar-refractivity contribution in [3.63, 3.8) is 0 Å². The minimum atomic E-state index is 0.511. The zero-order valence-electron chi connectivity index (χ0n) is 18.2. The van der Waals surface area contributed by atoms with E-state index in [4.69, 9.17) is 19.1 Å². The van der Waals surface area contributed by atoms with E-state index in [1.165, 1.54) is 0 Å². The fourth-order valence-electron chi connectivity index (χ4n) is 3.60. The molecule has 0 amide bonds. The highest BCUT2D eigenvalue weighted by Gasteiger charge is 2.14. The van der Waals surface area contributed by atoms with Crippen molar-refractivity contribution in [3.05, 3.63) is 93.8 Å². The van der Waals surface area contributed by atoms with E-state index in [9.17, 15) is 0 Å². The lowest BCUT2D eigenvalue weighted by molar-refractivity contribution is 0.337. The monoisotopic (exact) mass is 516 g/mol. The number of aromatic nitrogens is 1. The molecule has 2 heterocycles. The Labute approximate surface area is 204 Å². The minimum Gasteiger partial charge on any atom is -0.490 e. The molecular formula is C27H21BrN2O2S. The van der Waals surface area contributed by atoms with Crippen LogP contribution >= 0.6 is 27.3 Å². The van der Waals surface area contributed by atoms with Crippen LogP contribution in [0.3, 0.4) is 0 Å². The zero-order valence-corrected chi connectivity index (χ0v) is 20.6. The predicted octanol–water partition coefficient (Wildman–Crippen LogP) is 7.93. The van der Waals surface area contributed by atoms with Crippen LogP contribution in [0.2, 0.25) is 0 Å². The maximum Gasteiger partial charge on any atom is 0.230 e. The number of aryl methyl sites for hydroxylation is 1. The summed E-state index contributed by atoms with van der Waals surface area (Å²) in [5, 5.41) is 3.86. The van der Waals surface area contributed by atoms with Crippen molar-refractivity contribution in [3.8, 4) is 27.6 Å². The van der Waals surface area contributed by atoms with Gasteiger partial charge in [-0.05, 0) is 55.8 Å². The lowest BCUT2D eigenvalue weighted by Gasteiger charge is -2.08. The van der Waals surface area contributed by atoms with Crippen molar-refractivity contribution >= 4 is 43.9 Å². The van der Waals surface area contributed by atoms with Gasteiger partial charge in [0.1, 0.15) is 5.01 Å². The highest BCUT2D eigenvalue weighted by Crippen LogP contribution is 2.32. The van der Waals surface area contributed by atoms with Crippen LogP contribution in [0.4, 0.5) is 5.69 Å². The Balaban J connectivity index is 1.71. The molecule has 3 aromatic carbocycles. The lowest BCUT2D eigenvalue weighted by atomic mass is 10.1. The number of rotatable bonds is 5. The van der Waals surface area contributed by atoms with Crippen molar-refractivity contribution in [2.75, 3.05) is 6.61 Å². The fourth-order valence-corrected chi connectivity index (χ4v) is 4.70. The van der Waals surface area contributed by atoms with Gasteiger partial charge in [0.2, 0.25) is 5.55 Å². The Kier molecular flexibility index (Phi) is 6.11. The van der Waals surface area contributed by atoms with Crippen molar-refractivity contribution in [2.24, 2.45) is 4.99 Å². The van der Waals surface area contributed by atoms with Gasteiger partial charge in [-0.3, -0.25) is 0 Å². The van der Waals surface area contributed by atoms with Crippen LogP contribution in [-0.2, 0) is 0 Å². The Morgan fingerprint density at radius 3 is 2.64 bits per heavy atom. The third kappa shape index (κ3) is 4.63. The highest BCUT2D eigenvalue weighted by atomic mass is 79.9. The van der Waals surface area contributed by atoms with E-state index in [0.717, 1.165) is 42.9 Å². The van der Waals surface area contributed by atoms with Gasteiger partial charge in [0.05, 0.1) is 23.6 Å². The van der Waals surface area contributed by atoms with E-state index in [1.807, 2.05) is 55.5 Å². The van der Waals surface area contributed by atoms with E-state index in [0.29, 0.717) is 23.5 Å². The first-order valence-electron chi connectivity index (χ1n) is 10.6. The summed E-state index contributed by atoms with van der Waals surface area (Å²) in [7, 11) is 0. The number of benzene rings is 3.